The summed E-state index contributed by atoms with van der Waals surface area (Å²) < 4.78 is 8.74. The van der Waals surface area contributed by atoms with E-state index < -0.39 is 0 Å². The van der Waals surface area contributed by atoms with Gasteiger partial charge in [0.25, 0.3) is 0 Å². The predicted octanol–water partition coefficient (Wildman–Crippen LogP) is 4.14. The molecule has 1 aromatic heterocycles. The number of nitrogens with zero attached hydrogens (tertiary/aromatic N) is 2. The number of halogens is 2. The molecule has 1 heterocycles. The molecule has 0 aliphatic carbocycles. The van der Waals surface area contributed by atoms with E-state index in [0.29, 0.717) is 6.61 Å². The van der Waals surface area contributed by atoms with Gasteiger partial charge in [0.2, 0.25) is 0 Å². The zero-order valence-corrected chi connectivity index (χ0v) is 13.2. The quantitative estimate of drug-likeness (QED) is 0.736. The zero-order valence-electron chi connectivity index (χ0n) is 10.1. The van der Waals surface area contributed by atoms with Gasteiger partial charge in [-0.1, -0.05) is 28.1 Å². The number of alkyl halides is 1. The van der Waals surface area contributed by atoms with Crippen LogP contribution in [0.5, 0.6) is 5.75 Å². The van der Waals surface area contributed by atoms with Crippen LogP contribution in [0.25, 0.3) is 0 Å². The van der Waals surface area contributed by atoms with E-state index in [1.807, 2.05) is 35.3 Å². The molecular formula is C13H14Br2N2O. The summed E-state index contributed by atoms with van der Waals surface area (Å²) in [7, 11) is 0. The lowest BCUT2D eigenvalue weighted by Crippen LogP contribution is -1.98. The number of ether oxygens (including phenoxy) is 1. The van der Waals surface area contributed by atoms with Crippen LogP contribution in [-0.4, -0.2) is 9.78 Å². The largest absolute Gasteiger partial charge is 0.487 e. The maximum atomic E-state index is 5.87. The Bertz CT molecular complexity index is 525. The van der Waals surface area contributed by atoms with Crippen molar-refractivity contribution in [3.63, 3.8) is 0 Å². The lowest BCUT2D eigenvalue weighted by Gasteiger charge is -2.11. The average molecular weight is 374 g/mol. The zero-order chi connectivity index (χ0) is 13.0. The van der Waals surface area contributed by atoms with E-state index in [1.54, 1.807) is 0 Å². The molecule has 2 aromatic rings. The number of benzene rings is 1. The first-order valence-electron chi connectivity index (χ1n) is 5.72. The maximum absolute atomic E-state index is 5.87. The third kappa shape index (κ3) is 3.14. The average Bonchev–Trinajstić information content (AvgIpc) is 2.85. The van der Waals surface area contributed by atoms with E-state index in [1.165, 1.54) is 0 Å². The molecule has 1 aromatic carbocycles. The minimum Gasteiger partial charge on any atom is -0.487 e. The van der Waals surface area contributed by atoms with Gasteiger partial charge in [0.15, 0.2) is 0 Å². The maximum Gasteiger partial charge on any atom is 0.138 e. The SMILES string of the molecule is CCn1cc(COc2c(Br)cccc2CBr)cn1. The number of aryl methyl sites for hydroxylation is 1. The first-order valence-corrected chi connectivity index (χ1v) is 7.63. The molecular weight excluding hydrogens is 360 g/mol. The van der Waals surface area contributed by atoms with Crippen LogP contribution in [0.15, 0.2) is 35.1 Å². The van der Waals surface area contributed by atoms with Crippen molar-refractivity contribution < 1.29 is 4.74 Å². The summed E-state index contributed by atoms with van der Waals surface area (Å²) in [4.78, 5) is 0. The Balaban J connectivity index is 2.10. The van der Waals surface area contributed by atoms with Crippen molar-refractivity contribution in [2.75, 3.05) is 0 Å². The molecule has 0 unspecified atom stereocenters. The van der Waals surface area contributed by atoms with E-state index in [4.69, 9.17) is 4.74 Å². The van der Waals surface area contributed by atoms with Crippen molar-refractivity contribution in [1.29, 1.82) is 0 Å². The van der Waals surface area contributed by atoms with Gasteiger partial charge in [0, 0.05) is 29.2 Å². The molecule has 2 rings (SSSR count). The first-order chi connectivity index (χ1) is 8.74. The summed E-state index contributed by atoms with van der Waals surface area (Å²) in [6, 6.07) is 6.03. The normalized spacial score (nSPS) is 10.6. The highest BCUT2D eigenvalue weighted by Gasteiger charge is 2.08. The van der Waals surface area contributed by atoms with Crippen molar-refractivity contribution in [2.24, 2.45) is 0 Å². The molecule has 0 saturated carbocycles. The highest BCUT2D eigenvalue weighted by molar-refractivity contribution is 9.10. The minimum atomic E-state index is 0.530. The number of hydrogen-bond acceptors (Lipinski definition) is 2. The van der Waals surface area contributed by atoms with E-state index >= 15 is 0 Å². The van der Waals surface area contributed by atoms with Crippen LogP contribution in [0.3, 0.4) is 0 Å². The topological polar surface area (TPSA) is 27.1 Å². The van der Waals surface area contributed by atoms with Crippen LogP contribution in [0.1, 0.15) is 18.1 Å². The molecule has 0 saturated heterocycles. The van der Waals surface area contributed by atoms with Gasteiger partial charge in [-0.2, -0.15) is 5.10 Å². The van der Waals surface area contributed by atoms with Crippen LogP contribution >= 0.6 is 31.9 Å². The minimum absolute atomic E-state index is 0.530. The van der Waals surface area contributed by atoms with Crippen molar-refractivity contribution >= 4 is 31.9 Å². The van der Waals surface area contributed by atoms with Gasteiger partial charge < -0.3 is 4.74 Å². The van der Waals surface area contributed by atoms with Crippen molar-refractivity contribution in [1.82, 2.24) is 9.78 Å². The Hall–Kier alpha value is -0.810. The van der Waals surface area contributed by atoms with E-state index in [0.717, 1.165) is 33.2 Å². The smallest absolute Gasteiger partial charge is 0.138 e. The van der Waals surface area contributed by atoms with Crippen molar-refractivity contribution in [3.8, 4) is 5.75 Å². The van der Waals surface area contributed by atoms with Crippen LogP contribution in [-0.2, 0) is 18.5 Å². The Labute approximate surface area is 123 Å². The fourth-order valence-electron chi connectivity index (χ4n) is 1.63. The van der Waals surface area contributed by atoms with E-state index in [2.05, 4.69) is 43.9 Å². The molecule has 0 atom stereocenters. The highest BCUT2D eigenvalue weighted by Crippen LogP contribution is 2.31. The van der Waals surface area contributed by atoms with Crippen molar-refractivity contribution in [3.05, 3.63) is 46.2 Å². The number of para-hydroxylation sites is 1. The Kier molecular flexibility index (Phi) is 4.83. The monoisotopic (exact) mass is 372 g/mol. The van der Waals surface area contributed by atoms with Crippen LogP contribution < -0.4 is 4.74 Å². The van der Waals surface area contributed by atoms with E-state index in [-0.39, 0.29) is 0 Å². The van der Waals surface area contributed by atoms with Gasteiger partial charge in [-0.05, 0) is 28.9 Å². The van der Waals surface area contributed by atoms with Crippen LogP contribution in [0.2, 0.25) is 0 Å². The molecule has 0 spiro atoms. The fraction of sp³-hybridized carbons (Fsp3) is 0.308. The first kappa shape index (κ1) is 13.6. The Morgan fingerprint density at radius 3 is 2.89 bits per heavy atom. The van der Waals surface area contributed by atoms with Gasteiger partial charge in [-0.25, -0.2) is 0 Å². The van der Waals surface area contributed by atoms with Crippen molar-refractivity contribution in [2.45, 2.75) is 25.4 Å². The molecule has 0 aliphatic heterocycles. The molecule has 0 amide bonds. The van der Waals surface area contributed by atoms with Gasteiger partial charge in [0.1, 0.15) is 12.4 Å². The lowest BCUT2D eigenvalue weighted by atomic mass is 10.2. The highest BCUT2D eigenvalue weighted by atomic mass is 79.9. The summed E-state index contributed by atoms with van der Waals surface area (Å²) >= 11 is 6.98. The van der Waals surface area contributed by atoms with Crippen LogP contribution in [0.4, 0.5) is 0 Å². The third-order valence-electron chi connectivity index (χ3n) is 2.59. The molecule has 0 radical (unpaired) electrons. The molecule has 0 N–H and O–H groups in total. The van der Waals surface area contributed by atoms with Gasteiger partial charge in [-0.15, -0.1) is 0 Å². The number of aromatic nitrogens is 2. The number of rotatable bonds is 5. The second-order valence-electron chi connectivity index (χ2n) is 3.85. The molecule has 96 valence electrons. The molecule has 0 bridgehead atoms. The Morgan fingerprint density at radius 1 is 1.39 bits per heavy atom. The Morgan fingerprint density at radius 2 is 2.22 bits per heavy atom. The summed E-state index contributed by atoms with van der Waals surface area (Å²) in [6.45, 7) is 3.47. The second-order valence-corrected chi connectivity index (χ2v) is 5.27. The summed E-state index contributed by atoms with van der Waals surface area (Å²) in [5, 5.41) is 5.00. The standard InChI is InChI=1S/C13H14Br2N2O/c1-2-17-8-10(7-16-17)9-18-13-11(6-14)4-3-5-12(13)15/h3-5,7-8H,2,6,9H2,1H3. The molecule has 0 fully saturated rings. The summed E-state index contributed by atoms with van der Waals surface area (Å²) in [6.07, 6.45) is 3.85. The van der Waals surface area contributed by atoms with Crippen LogP contribution in [0, 0.1) is 0 Å². The summed E-state index contributed by atoms with van der Waals surface area (Å²) in [5.74, 6) is 0.888. The predicted molar refractivity (Wildman–Crippen MR) is 79.0 cm³/mol. The molecule has 18 heavy (non-hydrogen) atoms. The van der Waals surface area contributed by atoms with E-state index in [9.17, 15) is 0 Å². The second kappa shape index (κ2) is 6.38. The molecule has 3 nitrogen and oxygen atoms in total. The lowest BCUT2D eigenvalue weighted by molar-refractivity contribution is 0.302. The van der Waals surface area contributed by atoms with Gasteiger partial charge >= 0.3 is 0 Å². The molecule has 0 aliphatic rings. The van der Waals surface area contributed by atoms with Gasteiger partial charge in [-0.3, -0.25) is 4.68 Å². The number of hydrogen-bond donors (Lipinski definition) is 0. The summed E-state index contributed by atoms with van der Waals surface area (Å²) in [5.41, 5.74) is 2.21. The fourth-order valence-corrected chi connectivity index (χ4v) is 2.59. The molecule has 5 heteroatoms. The third-order valence-corrected chi connectivity index (χ3v) is 3.81. The van der Waals surface area contributed by atoms with Gasteiger partial charge in [0.05, 0.1) is 10.7 Å².